The van der Waals surface area contributed by atoms with Gasteiger partial charge in [0.2, 0.25) is 5.88 Å². The number of aromatic hydroxyl groups is 1. The average molecular weight is 519 g/mol. The zero-order chi connectivity index (χ0) is 25.8. The fraction of sp³-hybridized carbons (Fsp3) is 0.429. The van der Waals surface area contributed by atoms with E-state index in [4.69, 9.17) is 4.42 Å². The van der Waals surface area contributed by atoms with Crippen LogP contribution in [-0.2, 0) is 11.5 Å². The maximum absolute atomic E-state index is 12.5. The van der Waals surface area contributed by atoms with Crippen LogP contribution in [0.2, 0.25) is 0 Å². The Morgan fingerprint density at radius 1 is 1.19 bits per heavy atom. The number of hydrogen-bond acceptors (Lipinski definition) is 6. The minimum atomic E-state index is -0.419. The van der Waals surface area contributed by atoms with Gasteiger partial charge in [-0.2, -0.15) is 0 Å². The van der Waals surface area contributed by atoms with E-state index in [9.17, 15) is 9.90 Å². The second kappa shape index (κ2) is 8.99. The monoisotopic (exact) mass is 518 g/mol. The first-order valence-corrected chi connectivity index (χ1v) is 13.8. The van der Waals surface area contributed by atoms with Gasteiger partial charge < -0.3 is 14.4 Å². The molecule has 1 amide bonds. The molecule has 9 heteroatoms. The number of nitrogens with one attached hydrogen (secondary N) is 1. The standard InChI is InChI=1S/C28H31N5O3S/c1-27(2)12-18-13-28(3,15-27)16-32(18)17-33-21-10-6-4-8-19(21)24(25(33)35)31-30-23(34)14-37-26-29-20-9-5-7-11-22(20)36-26/h4-11,18,35H,12-17H2,1-3H3/p+1/t18-,28-/m0/s1. The highest BCUT2D eigenvalue weighted by Gasteiger charge is 2.52. The van der Waals surface area contributed by atoms with Crippen molar-refractivity contribution in [3.63, 3.8) is 0 Å². The average Bonchev–Trinajstić information content (AvgIpc) is 3.46. The molecule has 0 spiro atoms. The van der Waals surface area contributed by atoms with E-state index < -0.39 is 5.91 Å². The number of quaternary nitrogens is 1. The molecule has 1 saturated heterocycles. The fourth-order valence-electron chi connectivity index (χ4n) is 6.84. The number of fused-ring (bicyclic) bond motifs is 4. The second-order valence-corrected chi connectivity index (χ2v) is 12.6. The van der Waals surface area contributed by atoms with Crippen LogP contribution in [0, 0.1) is 10.8 Å². The summed E-state index contributed by atoms with van der Waals surface area (Å²) in [7, 11) is 0. The van der Waals surface area contributed by atoms with Gasteiger partial charge in [0.25, 0.3) is 11.1 Å². The number of hydrogen-bond donors (Lipinski definition) is 2. The van der Waals surface area contributed by atoms with Crippen molar-refractivity contribution in [3.05, 3.63) is 48.5 Å². The first kappa shape index (κ1) is 24.2. The van der Waals surface area contributed by atoms with Crippen molar-refractivity contribution in [2.75, 3.05) is 12.3 Å². The highest BCUT2D eigenvalue weighted by molar-refractivity contribution is 7.99. The van der Waals surface area contributed by atoms with Gasteiger partial charge >= 0.3 is 0 Å². The van der Waals surface area contributed by atoms with Crippen LogP contribution in [0.1, 0.15) is 40.0 Å². The van der Waals surface area contributed by atoms with Crippen LogP contribution in [-0.4, -0.2) is 38.9 Å². The molecule has 2 N–H and O–H groups in total. The molecule has 2 aliphatic rings. The first-order chi connectivity index (χ1) is 17.7. The zero-order valence-electron chi connectivity index (χ0n) is 21.4. The molecule has 192 valence electrons. The maximum atomic E-state index is 12.5. The summed E-state index contributed by atoms with van der Waals surface area (Å²) in [6.45, 7) is 8.92. The van der Waals surface area contributed by atoms with Gasteiger partial charge in [0, 0.05) is 23.6 Å². The number of benzene rings is 2. The Morgan fingerprint density at radius 3 is 2.81 bits per heavy atom. The summed E-state index contributed by atoms with van der Waals surface area (Å²) in [4.78, 5) is 18.4. The predicted octanol–water partition coefficient (Wildman–Crippen LogP) is 5.33. The molecule has 1 aliphatic heterocycles. The number of likely N-dealkylation sites (tertiary alicyclic amines) is 1. The summed E-state index contributed by atoms with van der Waals surface area (Å²) in [6, 6.07) is 15.8. The Morgan fingerprint density at radius 2 is 1.97 bits per heavy atom. The molecule has 37 heavy (non-hydrogen) atoms. The number of thioether (sulfide) groups is 1. The Hall–Kier alpha value is -3.17. The topological polar surface area (TPSA) is 97.4 Å². The minimum Gasteiger partial charge on any atom is -0.493 e. The molecule has 3 heterocycles. The molecule has 1 aliphatic carbocycles. The molecule has 6 rings (SSSR count). The number of nitrogens with zero attached hydrogens (tertiary/aromatic N) is 4. The Labute approximate surface area is 219 Å². The zero-order valence-corrected chi connectivity index (χ0v) is 22.2. The van der Waals surface area contributed by atoms with E-state index in [2.05, 4.69) is 36.0 Å². The maximum Gasteiger partial charge on any atom is 0.275 e. The van der Waals surface area contributed by atoms with E-state index in [1.807, 2.05) is 53.1 Å². The van der Waals surface area contributed by atoms with Crippen LogP contribution in [0.5, 0.6) is 5.88 Å². The largest absolute Gasteiger partial charge is 0.493 e. The first-order valence-electron chi connectivity index (χ1n) is 12.8. The molecule has 4 aromatic rings. The van der Waals surface area contributed by atoms with Crippen molar-refractivity contribution in [2.45, 2.75) is 58.0 Å². The van der Waals surface area contributed by atoms with Crippen molar-refractivity contribution in [3.8, 4) is 5.88 Å². The van der Waals surface area contributed by atoms with Gasteiger partial charge in [0.05, 0.1) is 23.9 Å². The summed E-state index contributed by atoms with van der Waals surface area (Å²) in [5.74, 6) is -0.315. The molecule has 0 radical (unpaired) electrons. The molecular formula is C28H32N5O3S+. The number of amides is 1. The molecule has 2 aromatic carbocycles. The minimum absolute atomic E-state index is 0.0453. The second-order valence-electron chi connectivity index (χ2n) is 11.7. The van der Waals surface area contributed by atoms with Crippen molar-refractivity contribution >= 4 is 45.4 Å². The number of aromatic nitrogens is 2. The van der Waals surface area contributed by atoms with Gasteiger partial charge in [-0.15, -0.1) is 10.2 Å². The molecular weight excluding hydrogens is 486 g/mol. The van der Waals surface area contributed by atoms with Gasteiger partial charge in [-0.3, -0.25) is 9.36 Å². The summed E-state index contributed by atoms with van der Waals surface area (Å²) in [6.07, 6.45) is 3.66. The SMILES string of the molecule is CC1(C)C[C@H]2C[C@](C)(C[NH+]2Cn2c(O)c(N=NC(=O)CSc3nc4ccccc4o3)c3ccccc32)C1. The molecule has 1 unspecified atom stereocenters. The lowest BCUT2D eigenvalue weighted by molar-refractivity contribution is -0.936. The van der Waals surface area contributed by atoms with E-state index in [1.54, 1.807) is 0 Å². The third-order valence-corrected chi connectivity index (χ3v) is 8.62. The van der Waals surface area contributed by atoms with E-state index >= 15 is 0 Å². The number of rotatable bonds is 6. The van der Waals surface area contributed by atoms with E-state index in [1.165, 1.54) is 35.9 Å². The summed E-state index contributed by atoms with van der Waals surface area (Å²) in [5.41, 5.74) is 3.35. The number of carbonyl (C=O) groups is 1. The molecule has 8 nitrogen and oxygen atoms in total. The number of azo groups is 1. The lowest BCUT2D eigenvalue weighted by Gasteiger charge is -2.37. The van der Waals surface area contributed by atoms with Crippen LogP contribution in [0.15, 0.2) is 68.4 Å². The molecule has 2 aromatic heterocycles. The van der Waals surface area contributed by atoms with E-state index in [0.29, 0.717) is 40.0 Å². The number of carbonyl (C=O) groups excluding carboxylic acids is 1. The van der Waals surface area contributed by atoms with Crippen LogP contribution in [0.3, 0.4) is 0 Å². The highest BCUT2D eigenvalue weighted by atomic mass is 32.2. The van der Waals surface area contributed by atoms with Crippen molar-refractivity contribution in [1.29, 1.82) is 0 Å². The van der Waals surface area contributed by atoms with Gasteiger partial charge in [-0.25, -0.2) is 4.98 Å². The van der Waals surface area contributed by atoms with Crippen LogP contribution in [0.25, 0.3) is 22.0 Å². The Balaban J connectivity index is 1.21. The smallest absolute Gasteiger partial charge is 0.275 e. The molecule has 3 atom stereocenters. The van der Waals surface area contributed by atoms with Crippen molar-refractivity contribution in [2.24, 2.45) is 21.1 Å². The Bertz CT molecular complexity index is 1490. The number of oxazole rings is 1. The fourth-order valence-corrected chi connectivity index (χ4v) is 7.46. The van der Waals surface area contributed by atoms with Crippen LogP contribution < -0.4 is 4.90 Å². The summed E-state index contributed by atoms with van der Waals surface area (Å²) < 4.78 is 7.59. The third-order valence-electron chi connectivity index (χ3n) is 7.81. The van der Waals surface area contributed by atoms with Crippen molar-refractivity contribution in [1.82, 2.24) is 9.55 Å². The van der Waals surface area contributed by atoms with Crippen molar-refractivity contribution < 1.29 is 19.2 Å². The lowest BCUT2D eigenvalue weighted by atomic mass is 9.65. The van der Waals surface area contributed by atoms with Gasteiger partial charge in [0.15, 0.2) is 17.9 Å². The lowest BCUT2D eigenvalue weighted by Crippen LogP contribution is -3.13. The Kier molecular flexibility index (Phi) is 5.88. The normalized spacial score (nSPS) is 24.9. The third kappa shape index (κ3) is 4.66. The number of para-hydroxylation sites is 3. The van der Waals surface area contributed by atoms with Gasteiger partial charge in [-0.1, -0.05) is 62.9 Å². The molecule has 2 fully saturated rings. The van der Waals surface area contributed by atoms with E-state index in [0.717, 1.165) is 23.0 Å². The van der Waals surface area contributed by atoms with E-state index in [-0.39, 0.29) is 11.6 Å². The van der Waals surface area contributed by atoms with Gasteiger partial charge in [-0.05, 0) is 30.0 Å². The highest BCUT2D eigenvalue weighted by Crippen LogP contribution is 2.47. The van der Waals surface area contributed by atoms with Crippen LogP contribution in [0.4, 0.5) is 5.69 Å². The van der Waals surface area contributed by atoms with Gasteiger partial charge in [0.1, 0.15) is 5.52 Å². The summed E-state index contributed by atoms with van der Waals surface area (Å²) >= 11 is 1.18. The predicted molar refractivity (Wildman–Crippen MR) is 143 cm³/mol. The summed E-state index contributed by atoms with van der Waals surface area (Å²) in [5, 5.41) is 20.6. The van der Waals surface area contributed by atoms with Crippen LogP contribution >= 0.6 is 11.8 Å². The molecule has 1 saturated carbocycles. The molecule has 2 bridgehead atoms. The quantitative estimate of drug-likeness (QED) is 0.266.